The first-order chi connectivity index (χ1) is 10.6. The second-order valence-electron chi connectivity index (χ2n) is 4.70. The van der Waals surface area contributed by atoms with Gasteiger partial charge in [0.15, 0.2) is 5.69 Å². The van der Waals surface area contributed by atoms with Gasteiger partial charge in [-0.3, -0.25) is 4.79 Å². The van der Waals surface area contributed by atoms with E-state index in [1.807, 2.05) is 0 Å². The van der Waals surface area contributed by atoms with Gasteiger partial charge < -0.3 is 10.6 Å². The molecule has 1 aromatic carbocycles. The van der Waals surface area contributed by atoms with Gasteiger partial charge in [-0.2, -0.15) is 0 Å². The summed E-state index contributed by atoms with van der Waals surface area (Å²) in [7, 11) is 0. The number of hydrogen-bond acceptors (Lipinski definition) is 4. The van der Waals surface area contributed by atoms with Gasteiger partial charge >= 0.3 is 0 Å². The van der Waals surface area contributed by atoms with E-state index in [-0.39, 0.29) is 11.6 Å². The normalized spacial score (nSPS) is 10.3. The number of nitrogens with zero attached hydrogens (tertiary/aromatic N) is 2. The van der Waals surface area contributed by atoms with Crippen LogP contribution in [0, 0.1) is 0 Å². The summed E-state index contributed by atoms with van der Waals surface area (Å²) < 4.78 is 0. The maximum Gasteiger partial charge on any atom is 0.276 e. The smallest absolute Gasteiger partial charge is 0.276 e. The summed E-state index contributed by atoms with van der Waals surface area (Å²) in [6.07, 6.45) is 2.16. The van der Waals surface area contributed by atoms with Gasteiger partial charge in [0.25, 0.3) is 5.91 Å². The Morgan fingerprint density at radius 2 is 1.86 bits per heavy atom. The van der Waals surface area contributed by atoms with Crippen LogP contribution in [0.3, 0.4) is 0 Å². The molecule has 2 rings (SSSR count). The van der Waals surface area contributed by atoms with Crippen LogP contribution in [0.5, 0.6) is 0 Å². The fraction of sp³-hybridized carbons (Fsp3) is 0.267. The number of nitrogens with one attached hydrogen (secondary N) is 2. The van der Waals surface area contributed by atoms with Crippen LogP contribution in [0.25, 0.3) is 0 Å². The molecule has 0 spiro atoms. The van der Waals surface area contributed by atoms with Crippen molar-refractivity contribution in [2.75, 3.05) is 17.2 Å². The van der Waals surface area contributed by atoms with Crippen LogP contribution in [0.4, 0.5) is 11.5 Å². The van der Waals surface area contributed by atoms with E-state index >= 15 is 0 Å². The number of carbonyl (C=O) groups is 1. The Morgan fingerprint density at radius 3 is 2.45 bits per heavy atom. The van der Waals surface area contributed by atoms with Gasteiger partial charge in [-0.05, 0) is 36.8 Å². The zero-order valence-corrected chi connectivity index (χ0v) is 13.6. The Labute approximate surface area is 139 Å². The van der Waals surface area contributed by atoms with Crippen molar-refractivity contribution in [2.24, 2.45) is 0 Å². The highest BCUT2D eigenvalue weighted by molar-refractivity contribution is 6.35. The summed E-state index contributed by atoms with van der Waals surface area (Å²) >= 11 is 11.8. The van der Waals surface area contributed by atoms with Crippen LogP contribution in [0.1, 0.15) is 30.3 Å². The number of carbonyl (C=O) groups excluding carboxylic acids is 1. The van der Waals surface area contributed by atoms with Crippen LogP contribution in [0.15, 0.2) is 30.3 Å². The fourth-order valence-corrected chi connectivity index (χ4v) is 2.29. The molecule has 5 nitrogen and oxygen atoms in total. The van der Waals surface area contributed by atoms with Gasteiger partial charge in [-0.25, -0.2) is 0 Å². The first kappa shape index (κ1) is 16.5. The fourth-order valence-electron chi connectivity index (χ4n) is 1.76. The third kappa shape index (κ3) is 4.86. The van der Waals surface area contributed by atoms with E-state index in [1.165, 1.54) is 0 Å². The molecule has 0 bridgehead atoms. The minimum atomic E-state index is -0.369. The second kappa shape index (κ2) is 7.96. The summed E-state index contributed by atoms with van der Waals surface area (Å²) in [6.45, 7) is 2.95. The standard InChI is InChI=1S/C15H16Cl2N4O/c1-2-3-6-18-14-5-4-13(20-21-14)15(22)19-12-8-10(16)7-11(17)9-12/h4-5,7-9H,2-3,6H2,1H3,(H,18,21)(H,19,22). The van der Waals surface area contributed by atoms with Crippen LogP contribution < -0.4 is 10.6 Å². The van der Waals surface area contributed by atoms with E-state index in [0.29, 0.717) is 21.6 Å². The number of benzene rings is 1. The minimum Gasteiger partial charge on any atom is -0.369 e. The zero-order valence-electron chi connectivity index (χ0n) is 12.1. The lowest BCUT2D eigenvalue weighted by atomic mass is 10.3. The molecular formula is C15H16Cl2N4O. The highest BCUT2D eigenvalue weighted by atomic mass is 35.5. The third-order valence-electron chi connectivity index (χ3n) is 2.85. The minimum absolute atomic E-state index is 0.220. The SMILES string of the molecule is CCCCNc1ccc(C(=O)Nc2cc(Cl)cc(Cl)c2)nn1. The predicted molar refractivity (Wildman–Crippen MR) is 89.8 cm³/mol. The van der Waals surface area contributed by atoms with Gasteiger partial charge in [-0.15, -0.1) is 10.2 Å². The average molecular weight is 339 g/mol. The molecule has 0 saturated carbocycles. The molecule has 0 atom stereocenters. The molecule has 0 aliphatic heterocycles. The highest BCUT2D eigenvalue weighted by Gasteiger charge is 2.09. The van der Waals surface area contributed by atoms with Crippen LogP contribution in [-0.2, 0) is 0 Å². The Hall–Kier alpha value is -1.85. The van der Waals surface area contributed by atoms with E-state index < -0.39 is 0 Å². The topological polar surface area (TPSA) is 66.9 Å². The van der Waals surface area contributed by atoms with Gasteiger partial charge in [0, 0.05) is 22.3 Å². The van der Waals surface area contributed by atoms with E-state index in [2.05, 4.69) is 27.8 Å². The number of amides is 1. The number of hydrogen-bond donors (Lipinski definition) is 2. The molecule has 7 heteroatoms. The van der Waals surface area contributed by atoms with Crippen molar-refractivity contribution in [1.29, 1.82) is 0 Å². The van der Waals surface area contributed by atoms with Crippen molar-refractivity contribution < 1.29 is 4.79 Å². The van der Waals surface area contributed by atoms with Gasteiger partial charge in [0.1, 0.15) is 5.82 Å². The van der Waals surface area contributed by atoms with Gasteiger partial charge in [0.05, 0.1) is 0 Å². The predicted octanol–water partition coefficient (Wildman–Crippen LogP) is 4.25. The molecule has 2 aromatic rings. The largest absolute Gasteiger partial charge is 0.369 e. The number of halogens is 2. The molecule has 0 saturated heterocycles. The molecule has 0 aliphatic carbocycles. The Morgan fingerprint density at radius 1 is 1.14 bits per heavy atom. The number of unbranched alkanes of at least 4 members (excludes halogenated alkanes) is 1. The number of rotatable bonds is 6. The summed E-state index contributed by atoms with van der Waals surface area (Å²) in [5.41, 5.74) is 0.728. The maximum atomic E-state index is 12.1. The van der Waals surface area contributed by atoms with E-state index in [9.17, 15) is 4.79 Å². The molecule has 1 amide bonds. The van der Waals surface area contributed by atoms with Crippen molar-refractivity contribution in [3.63, 3.8) is 0 Å². The molecule has 2 N–H and O–H groups in total. The summed E-state index contributed by atoms with van der Waals surface area (Å²) in [4.78, 5) is 12.1. The molecule has 1 aromatic heterocycles. The lowest BCUT2D eigenvalue weighted by molar-refractivity contribution is 0.102. The van der Waals surface area contributed by atoms with Crippen molar-refractivity contribution in [3.05, 3.63) is 46.1 Å². The van der Waals surface area contributed by atoms with E-state index in [0.717, 1.165) is 19.4 Å². The monoisotopic (exact) mass is 338 g/mol. The van der Waals surface area contributed by atoms with Crippen LogP contribution in [0.2, 0.25) is 10.0 Å². The number of aromatic nitrogens is 2. The van der Waals surface area contributed by atoms with Crippen molar-refractivity contribution >= 4 is 40.6 Å². The summed E-state index contributed by atoms with van der Waals surface area (Å²) in [5.74, 6) is 0.279. The van der Waals surface area contributed by atoms with Crippen LogP contribution in [-0.4, -0.2) is 22.6 Å². The van der Waals surface area contributed by atoms with Crippen molar-refractivity contribution in [1.82, 2.24) is 10.2 Å². The van der Waals surface area contributed by atoms with Gasteiger partial charge in [-0.1, -0.05) is 36.5 Å². The first-order valence-corrected chi connectivity index (χ1v) is 7.69. The molecule has 116 valence electrons. The Bertz CT molecular complexity index is 626. The van der Waals surface area contributed by atoms with Crippen molar-refractivity contribution in [3.8, 4) is 0 Å². The third-order valence-corrected chi connectivity index (χ3v) is 3.29. The first-order valence-electron chi connectivity index (χ1n) is 6.93. The van der Waals surface area contributed by atoms with Gasteiger partial charge in [0.2, 0.25) is 0 Å². The molecular weight excluding hydrogens is 323 g/mol. The lowest BCUT2D eigenvalue weighted by Gasteiger charge is -2.07. The van der Waals surface area contributed by atoms with Crippen molar-refractivity contribution in [2.45, 2.75) is 19.8 Å². The second-order valence-corrected chi connectivity index (χ2v) is 5.57. The molecule has 0 fully saturated rings. The maximum absolute atomic E-state index is 12.1. The van der Waals surface area contributed by atoms with E-state index in [1.54, 1.807) is 30.3 Å². The summed E-state index contributed by atoms with van der Waals surface area (Å²) in [6, 6.07) is 8.15. The molecule has 0 aliphatic rings. The molecule has 22 heavy (non-hydrogen) atoms. The Balaban J connectivity index is 2.00. The Kier molecular flexibility index (Phi) is 5.98. The van der Waals surface area contributed by atoms with Crippen LogP contribution >= 0.6 is 23.2 Å². The zero-order chi connectivity index (χ0) is 15.9. The average Bonchev–Trinajstić information content (AvgIpc) is 2.47. The molecule has 1 heterocycles. The highest BCUT2D eigenvalue weighted by Crippen LogP contribution is 2.22. The summed E-state index contributed by atoms with van der Waals surface area (Å²) in [5, 5.41) is 14.6. The molecule has 0 radical (unpaired) electrons. The van der Waals surface area contributed by atoms with E-state index in [4.69, 9.17) is 23.2 Å². The lowest BCUT2D eigenvalue weighted by Crippen LogP contribution is -2.15. The molecule has 0 unspecified atom stereocenters. The quantitative estimate of drug-likeness (QED) is 0.772. The number of anilines is 2.